The van der Waals surface area contributed by atoms with Crippen LogP contribution in [0.4, 0.5) is 0 Å². The molecule has 1 amide bonds. The molecule has 2 N–H and O–H groups in total. The van der Waals surface area contributed by atoms with E-state index in [9.17, 15) is 4.79 Å². The SMILES string of the molecule is CC[C@H](C)Cc1nc(C(N)=O)nc2ccccc12. The largest absolute Gasteiger partial charge is 0.363 e. The van der Waals surface area contributed by atoms with Crippen LogP contribution in [-0.4, -0.2) is 15.9 Å². The van der Waals surface area contributed by atoms with Crippen LogP contribution in [0.5, 0.6) is 0 Å². The first-order valence-corrected chi connectivity index (χ1v) is 6.17. The van der Waals surface area contributed by atoms with Crippen molar-refractivity contribution in [2.24, 2.45) is 11.7 Å². The first-order chi connectivity index (χ1) is 8.61. The van der Waals surface area contributed by atoms with Crippen LogP contribution in [0, 0.1) is 5.92 Å². The lowest BCUT2D eigenvalue weighted by Crippen LogP contribution is -2.17. The number of benzene rings is 1. The van der Waals surface area contributed by atoms with Crippen molar-refractivity contribution in [2.45, 2.75) is 26.7 Å². The van der Waals surface area contributed by atoms with E-state index in [0.717, 1.165) is 29.4 Å². The van der Waals surface area contributed by atoms with Crippen molar-refractivity contribution in [3.63, 3.8) is 0 Å². The Morgan fingerprint density at radius 1 is 1.33 bits per heavy atom. The second kappa shape index (κ2) is 5.12. The van der Waals surface area contributed by atoms with E-state index in [1.807, 2.05) is 24.3 Å². The van der Waals surface area contributed by atoms with Crippen molar-refractivity contribution in [3.05, 3.63) is 35.8 Å². The van der Waals surface area contributed by atoms with Crippen molar-refractivity contribution in [3.8, 4) is 0 Å². The highest BCUT2D eigenvalue weighted by molar-refractivity contribution is 5.92. The molecule has 0 bridgehead atoms. The van der Waals surface area contributed by atoms with E-state index in [0.29, 0.717) is 5.92 Å². The average molecular weight is 243 g/mol. The van der Waals surface area contributed by atoms with Gasteiger partial charge in [-0.3, -0.25) is 4.79 Å². The highest BCUT2D eigenvalue weighted by Gasteiger charge is 2.12. The molecule has 1 aromatic carbocycles. The summed E-state index contributed by atoms with van der Waals surface area (Å²) in [6.07, 6.45) is 1.91. The number of aromatic nitrogens is 2. The molecule has 1 heterocycles. The molecule has 0 saturated heterocycles. The van der Waals surface area contributed by atoms with Gasteiger partial charge in [0.15, 0.2) is 0 Å². The second-order valence-corrected chi connectivity index (χ2v) is 4.59. The van der Waals surface area contributed by atoms with E-state index in [1.165, 1.54) is 0 Å². The number of nitrogens with two attached hydrogens (primary N) is 1. The zero-order valence-electron chi connectivity index (χ0n) is 10.7. The smallest absolute Gasteiger partial charge is 0.286 e. The van der Waals surface area contributed by atoms with Gasteiger partial charge in [-0.2, -0.15) is 0 Å². The number of fused-ring (bicyclic) bond motifs is 1. The molecule has 94 valence electrons. The summed E-state index contributed by atoms with van der Waals surface area (Å²) in [6.45, 7) is 4.31. The Hall–Kier alpha value is -1.97. The maximum Gasteiger partial charge on any atom is 0.286 e. The molecule has 0 aliphatic heterocycles. The quantitative estimate of drug-likeness (QED) is 0.895. The molecule has 2 rings (SSSR count). The molecule has 0 radical (unpaired) electrons. The highest BCUT2D eigenvalue weighted by Crippen LogP contribution is 2.19. The van der Waals surface area contributed by atoms with Gasteiger partial charge in [0, 0.05) is 5.39 Å². The first kappa shape index (κ1) is 12.5. The third kappa shape index (κ3) is 2.47. The fourth-order valence-corrected chi connectivity index (χ4v) is 1.88. The zero-order chi connectivity index (χ0) is 13.1. The van der Waals surface area contributed by atoms with Crippen LogP contribution >= 0.6 is 0 Å². The van der Waals surface area contributed by atoms with Crippen LogP contribution in [0.1, 0.15) is 36.6 Å². The van der Waals surface area contributed by atoms with Crippen molar-refractivity contribution in [1.29, 1.82) is 0 Å². The first-order valence-electron chi connectivity index (χ1n) is 6.17. The number of nitrogens with zero attached hydrogens (tertiary/aromatic N) is 2. The number of hydrogen-bond donors (Lipinski definition) is 1. The fraction of sp³-hybridized carbons (Fsp3) is 0.357. The summed E-state index contributed by atoms with van der Waals surface area (Å²) in [5, 5.41) is 1.00. The summed E-state index contributed by atoms with van der Waals surface area (Å²) < 4.78 is 0. The van der Waals surface area contributed by atoms with Crippen LogP contribution < -0.4 is 5.73 Å². The summed E-state index contributed by atoms with van der Waals surface area (Å²) in [6, 6.07) is 7.71. The van der Waals surface area contributed by atoms with Gasteiger partial charge in [-0.15, -0.1) is 0 Å². The van der Waals surface area contributed by atoms with E-state index in [4.69, 9.17) is 5.73 Å². The number of carbonyl (C=O) groups is 1. The summed E-state index contributed by atoms with van der Waals surface area (Å²) in [5.74, 6) is 0.0437. The predicted molar refractivity (Wildman–Crippen MR) is 71.2 cm³/mol. The van der Waals surface area contributed by atoms with Gasteiger partial charge in [-0.05, 0) is 18.4 Å². The molecular formula is C14H17N3O. The van der Waals surface area contributed by atoms with Gasteiger partial charge in [-0.25, -0.2) is 9.97 Å². The summed E-state index contributed by atoms with van der Waals surface area (Å²) >= 11 is 0. The Labute approximate surface area is 106 Å². The predicted octanol–water partition coefficient (Wildman–Crippen LogP) is 2.32. The van der Waals surface area contributed by atoms with E-state index < -0.39 is 5.91 Å². The highest BCUT2D eigenvalue weighted by atomic mass is 16.1. The van der Waals surface area contributed by atoms with Crippen LogP contribution in [0.3, 0.4) is 0 Å². The maximum absolute atomic E-state index is 11.2. The number of para-hydroxylation sites is 1. The molecular weight excluding hydrogens is 226 g/mol. The molecule has 0 aliphatic rings. The van der Waals surface area contributed by atoms with Crippen LogP contribution in [0.25, 0.3) is 10.9 Å². The van der Waals surface area contributed by atoms with Gasteiger partial charge in [0.25, 0.3) is 5.91 Å². The third-order valence-electron chi connectivity index (χ3n) is 3.14. The number of primary amides is 1. The molecule has 18 heavy (non-hydrogen) atoms. The lowest BCUT2D eigenvalue weighted by Gasteiger charge is -2.11. The average Bonchev–Trinajstić information content (AvgIpc) is 2.38. The molecule has 4 nitrogen and oxygen atoms in total. The molecule has 0 spiro atoms. The molecule has 0 aliphatic carbocycles. The van der Waals surface area contributed by atoms with Crippen molar-refractivity contribution in [1.82, 2.24) is 9.97 Å². The summed E-state index contributed by atoms with van der Waals surface area (Å²) in [5.41, 5.74) is 6.96. The zero-order valence-corrected chi connectivity index (χ0v) is 10.7. The molecule has 1 atom stereocenters. The van der Waals surface area contributed by atoms with Crippen molar-refractivity contribution < 1.29 is 4.79 Å². The molecule has 4 heteroatoms. The summed E-state index contributed by atoms with van der Waals surface area (Å²) in [7, 11) is 0. The topological polar surface area (TPSA) is 68.9 Å². The maximum atomic E-state index is 11.2. The van der Waals surface area contributed by atoms with Gasteiger partial charge in [0.05, 0.1) is 11.2 Å². The van der Waals surface area contributed by atoms with Gasteiger partial charge in [-0.1, -0.05) is 38.5 Å². The lowest BCUT2D eigenvalue weighted by atomic mass is 10.00. The number of rotatable bonds is 4. The van der Waals surface area contributed by atoms with Crippen LogP contribution in [0.15, 0.2) is 24.3 Å². The third-order valence-corrected chi connectivity index (χ3v) is 3.14. The Morgan fingerprint density at radius 2 is 2.06 bits per heavy atom. The summed E-state index contributed by atoms with van der Waals surface area (Å²) in [4.78, 5) is 19.7. The van der Waals surface area contributed by atoms with Crippen molar-refractivity contribution >= 4 is 16.8 Å². The second-order valence-electron chi connectivity index (χ2n) is 4.59. The minimum Gasteiger partial charge on any atom is -0.363 e. The van der Waals surface area contributed by atoms with Crippen LogP contribution in [0.2, 0.25) is 0 Å². The molecule has 0 fully saturated rings. The molecule has 0 saturated carbocycles. The Morgan fingerprint density at radius 3 is 2.72 bits per heavy atom. The molecule has 0 unspecified atom stereocenters. The van der Waals surface area contributed by atoms with Gasteiger partial charge >= 0.3 is 0 Å². The minimum atomic E-state index is -0.578. The van der Waals surface area contributed by atoms with Gasteiger partial charge in [0.1, 0.15) is 0 Å². The van der Waals surface area contributed by atoms with E-state index >= 15 is 0 Å². The normalized spacial score (nSPS) is 12.6. The monoisotopic (exact) mass is 243 g/mol. The van der Waals surface area contributed by atoms with Gasteiger partial charge < -0.3 is 5.73 Å². The van der Waals surface area contributed by atoms with Gasteiger partial charge in [0.2, 0.25) is 5.82 Å². The van der Waals surface area contributed by atoms with Crippen LogP contribution in [-0.2, 0) is 6.42 Å². The Balaban J connectivity index is 2.57. The molecule has 2 aromatic rings. The lowest BCUT2D eigenvalue weighted by molar-refractivity contribution is 0.0990. The number of carbonyl (C=O) groups excluding carboxylic acids is 1. The van der Waals surface area contributed by atoms with E-state index in [-0.39, 0.29) is 5.82 Å². The molecule has 1 aromatic heterocycles. The fourth-order valence-electron chi connectivity index (χ4n) is 1.88. The van der Waals surface area contributed by atoms with E-state index in [2.05, 4.69) is 23.8 Å². The number of hydrogen-bond acceptors (Lipinski definition) is 3. The Bertz CT molecular complexity index is 580. The Kier molecular flexibility index (Phi) is 3.55. The minimum absolute atomic E-state index is 0.104. The number of amides is 1. The standard InChI is InChI=1S/C14H17N3O/c1-3-9(2)8-12-10-6-4-5-7-11(10)16-14(17-12)13(15)18/h4-7,9H,3,8H2,1-2H3,(H2,15,18)/t9-/m0/s1. The van der Waals surface area contributed by atoms with Crippen molar-refractivity contribution in [2.75, 3.05) is 0 Å². The van der Waals surface area contributed by atoms with E-state index in [1.54, 1.807) is 0 Å².